The van der Waals surface area contributed by atoms with Gasteiger partial charge in [0, 0.05) is 50.2 Å². The van der Waals surface area contributed by atoms with Crippen molar-refractivity contribution in [3.05, 3.63) is 48.2 Å². The van der Waals surface area contributed by atoms with Gasteiger partial charge in [-0.05, 0) is 37.5 Å². The van der Waals surface area contributed by atoms with Crippen molar-refractivity contribution in [3.63, 3.8) is 0 Å². The Balaban J connectivity index is 1.45. The number of nitrogens with zero attached hydrogens (tertiary/aromatic N) is 5. The number of fused-ring (bicyclic) bond motifs is 1. The van der Waals surface area contributed by atoms with Crippen molar-refractivity contribution < 1.29 is 4.79 Å². The summed E-state index contributed by atoms with van der Waals surface area (Å²) in [5.74, 6) is 1.04. The van der Waals surface area contributed by atoms with Crippen molar-refractivity contribution in [3.8, 4) is 0 Å². The van der Waals surface area contributed by atoms with E-state index in [1.807, 2.05) is 30.2 Å². The average Bonchev–Trinajstić information content (AvgIpc) is 3.32. The highest BCUT2D eigenvalue weighted by molar-refractivity contribution is 5.95. The number of amides is 1. The molecule has 0 radical (unpaired) electrons. The number of aryl methyl sites for hydroxylation is 1. The SMILES string of the molecule is Cc1ccncc1C(=O)N1CCN(c2ncnc3[nH]ccc23)CC2(CC2)C1. The van der Waals surface area contributed by atoms with E-state index in [1.54, 1.807) is 18.7 Å². The fraction of sp³-hybridized carbons (Fsp3) is 0.400. The lowest BCUT2D eigenvalue weighted by Gasteiger charge is -2.25. The zero-order valence-electron chi connectivity index (χ0n) is 15.4. The topological polar surface area (TPSA) is 78.0 Å². The van der Waals surface area contributed by atoms with Gasteiger partial charge in [0.1, 0.15) is 17.8 Å². The summed E-state index contributed by atoms with van der Waals surface area (Å²) < 4.78 is 0. The maximum absolute atomic E-state index is 13.1. The second kappa shape index (κ2) is 6.04. The molecule has 1 aliphatic heterocycles. The second-order valence-corrected chi connectivity index (χ2v) is 7.78. The number of carbonyl (C=O) groups is 1. The van der Waals surface area contributed by atoms with E-state index in [0.717, 1.165) is 54.9 Å². The van der Waals surface area contributed by atoms with Gasteiger partial charge in [0.25, 0.3) is 5.91 Å². The Morgan fingerprint density at radius 2 is 2.07 bits per heavy atom. The number of pyridine rings is 1. The molecule has 7 nitrogen and oxygen atoms in total. The van der Waals surface area contributed by atoms with Crippen LogP contribution < -0.4 is 4.90 Å². The van der Waals surface area contributed by atoms with E-state index in [4.69, 9.17) is 0 Å². The Hall–Kier alpha value is -2.96. The molecule has 138 valence electrons. The maximum atomic E-state index is 13.1. The summed E-state index contributed by atoms with van der Waals surface area (Å²) in [6.45, 7) is 5.16. The monoisotopic (exact) mass is 362 g/mol. The lowest BCUT2D eigenvalue weighted by atomic mass is 10.1. The molecule has 2 aliphatic rings. The van der Waals surface area contributed by atoms with E-state index < -0.39 is 0 Å². The number of nitrogens with one attached hydrogen (secondary N) is 1. The highest BCUT2D eigenvalue weighted by Gasteiger charge is 2.48. The Labute approximate surface area is 157 Å². The van der Waals surface area contributed by atoms with E-state index in [1.165, 1.54) is 0 Å². The average molecular weight is 362 g/mol. The standard InChI is InChI=1S/C20H22N6O/c1-14-2-6-21-10-16(14)19(27)26-9-8-25(11-20(12-26)4-5-20)18-15-3-7-22-17(15)23-13-24-18/h2-3,6-7,10,13H,4-5,8-9,11-12H2,1H3,(H,22,23,24). The van der Waals surface area contributed by atoms with Gasteiger partial charge in [0.2, 0.25) is 0 Å². The van der Waals surface area contributed by atoms with Crippen LogP contribution in [0.4, 0.5) is 5.82 Å². The van der Waals surface area contributed by atoms with Crippen LogP contribution >= 0.6 is 0 Å². The number of rotatable bonds is 2. The summed E-state index contributed by atoms with van der Waals surface area (Å²) in [7, 11) is 0. The number of hydrogen-bond donors (Lipinski definition) is 1. The summed E-state index contributed by atoms with van der Waals surface area (Å²) >= 11 is 0. The zero-order valence-corrected chi connectivity index (χ0v) is 15.4. The molecule has 7 heteroatoms. The van der Waals surface area contributed by atoms with Crippen molar-refractivity contribution >= 4 is 22.8 Å². The van der Waals surface area contributed by atoms with Crippen molar-refractivity contribution in [1.82, 2.24) is 24.8 Å². The summed E-state index contributed by atoms with van der Waals surface area (Å²) in [5, 5.41) is 1.04. The molecule has 1 aliphatic carbocycles. The molecule has 1 saturated heterocycles. The van der Waals surface area contributed by atoms with Crippen LogP contribution in [0.2, 0.25) is 0 Å². The maximum Gasteiger partial charge on any atom is 0.255 e. The van der Waals surface area contributed by atoms with Gasteiger partial charge in [-0.2, -0.15) is 0 Å². The first-order valence-electron chi connectivity index (χ1n) is 9.38. The van der Waals surface area contributed by atoms with Gasteiger partial charge in [0.15, 0.2) is 0 Å². The van der Waals surface area contributed by atoms with E-state index in [9.17, 15) is 4.79 Å². The molecule has 1 amide bonds. The van der Waals surface area contributed by atoms with E-state index in [-0.39, 0.29) is 11.3 Å². The Bertz CT molecular complexity index is 1010. The number of aromatic nitrogens is 4. The summed E-state index contributed by atoms with van der Waals surface area (Å²) in [5.41, 5.74) is 2.71. The zero-order chi connectivity index (χ0) is 18.4. The first-order valence-corrected chi connectivity index (χ1v) is 9.38. The fourth-order valence-corrected chi connectivity index (χ4v) is 4.08. The molecule has 0 atom stereocenters. The van der Waals surface area contributed by atoms with Crippen LogP contribution in [0.1, 0.15) is 28.8 Å². The van der Waals surface area contributed by atoms with Crippen LogP contribution in [-0.2, 0) is 0 Å². The summed E-state index contributed by atoms with van der Waals surface area (Å²) in [6, 6.07) is 3.92. The minimum atomic E-state index is 0.0863. The fourth-order valence-electron chi connectivity index (χ4n) is 4.08. The molecule has 0 unspecified atom stereocenters. The van der Waals surface area contributed by atoms with Crippen LogP contribution in [0.3, 0.4) is 0 Å². The number of H-pyrrole nitrogens is 1. The molecule has 4 heterocycles. The van der Waals surface area contributed by atoms with Gasteiger partial charge >= 0.3 is 0 Å². The smallest absolute Gasteiger partial charge is 0.255 e. The van der Waals surface area contributed by atoms with Crippen LogP contribution in [0.25, 0.3) is 11.0 Å². The number of carbonyl (C=O) groups excluding carboxylic acids is 1. The molecule has 3 aromatic rings. The Morgan fingerprint density at radius 1 is 1.19 bits per heavy atom. The third-order valence-electron chi connectivity index (χ3n) is 5.84. The van der Waals surface area contributed by atoms with Gasteiger partial charge in [0.05, 0.1) is 10.9 Å². The molecule has 1 saturated carbocycles. The third kappa shape index (κ3) is 2.83. The molecule has 1 spiro atoms. The van der Waals surface area contributed by atoms with E-state index >= 15 is 0 Å². The van der Waals surface area contributed by atoms with E-state index in [0.29, 0.717) is 12.1 Å². The van der Waals surface area contributed by atoms with Gasteiger partial charge in [-0.3, -0.25) is 9.78 Å². The largest absolute Gasteiger partial charge is 0.354 e. The van der Waals surface area contributed by atoms with Gasteiger partial charge in [-0.1, -0.05) is 0 Å². The van der Waals surface area contributed by atoms with Crippen LogP contribution in [0, 0.1) is 12.3 Å². The van der Waals surface area contributed by atoms with Crippen molar-refractivity contribution in [2.24, 2.45) is 5.41 Å². The van der Waals surface area contributed by atoms with E-state index in [2.05, 4.69) is 24.8 Å². The Morgan fingerprint density at radius 3 is 2.89 bits per heavy atom. The van der Waals surface area contributed by atoms with Gasteiger partial charge < -0.3 is 14.8 Å². The Kier molecular flexibility index (Phi) is 3.63. The van der Waals surface area contributed by atoms with Gasteiger partial charge in [-0.15, -0.1) is 0 Å². The minimum Gasteiger partial charge on any atom is -0.354 e. The molecular formula is C20H22N6O. The van der Waals surface area contributed by atoms with Crippen molar-refractivity contribution in [1.29, 1.82) is 0 Å². The first kappa shape index (κ1) is 16.2. The van der Waals surface area contributed by atoms with Crippen LogP contribution in [-0.4, -0.2) is 56.9 Å². The lowest BCUT2D eigenvalue weighted by molar-refractivity contribution is 0.0739. The molecule has 3 aromatic heterocycles. The summed E-state index contributed by atoms with van der Waals surface area (Å²) in [6.07, 6.45) is 9.24. The number of aromatic amines is 1. The van der Waals surface area contributed by atoms with Crippen LogP contribution in [0.5, 0.6) is 0 Å². The highest BCUT2D eigenvalue weighted by Crippen LogP contribution is 2.48. The molecule has 1 N–H and O–H groups in total. The predicted octanol–water partition coefficient (Wildman–Crippen LogP) is 2.40. The molecule has 5 rings (SSSR count). The normalized spacial score (nSPS) is 18.7. The number of anilines is 1. The highest BCUT2D eigenvalue weighted by atomic mass is 16.2. The first-order chi connectivity index (χ1) is 13.2. The lowest BCUT2D eigenvalue weighted by Crippen LogP contribution is -2.37. The molecule has 27 heavy (non-hydrogen) atoms. The quantitative estimate of drug-likeness (QED) is 0.757. The molecule has 0 aromatic carbocycles. The molecular weight excluding hydrogens is 340 g/mol. The third-order valence-corrected chi connectivity index (χ3v) is 5.84. The predicted molar refractivity (Wildman–Crippen MR) is 103 cm³/mol. The van der Waals surface area contributed by atoms with Crippen LogP contribution in [0.15, 0.2) is 37.1 Å². The molecule has 0 bridgehead atoms. The second-order valence-electron chi connectivity index (χ2n) is 7.78. The number of hydrogen-bond acceptors (Lipinski definition) is 5. The summed E-state index contributed by atoms with van der Waals surface area (Å²) in [4.78, 5) is 33.6. The molecule has 2 fully saturated rings. The minimum absolute atomic E-state index is 0.0863. The van der Waals surface area contributed by atoms with Gasteiger partial charge in [-0.25, -0.2) is 9.97 Å². The van der Waals surface area contributed by atoms with Crippen molar-refractivity contribution in [2.45, 2.75) is 19.8 Å². The van der Waals surface area contributed by atoms with Crippen molar-refractivity contribution in [2.75, 3.05) is 31.1 Å².